The molecule has 4 aromatic rings. The van der Waals surface area contributed by atoms with Crippen LogP contribution in [0.1, 0.15) is 19.3 Å². The average Bonchev–Trinajstić information content (AvgIpc) is 2.86. The van der Waals surface area contributed by atoms with Gasteiger partial charge in [0.05, 0.1) is 12.8 Å². The number of rotatable bonds is 10. The van der Waals surface area contributed by atoms with Gasteiger partial charge in [-0.1, -0.05) is 72.8 Å². The van der Waals surface area contributed by atoms with Crippen LogP contribution in [0.15, 0.2) is 121 Å². The minimum atomic E-state index is -1.70. The number of benzene rings is 4. The van der Waals surface area contributed by atoms with E-state index in [1.807, 2.05) is 30.3 Å². The van der Waals surface area contributed by atoms with Gasteiger partial charge >= 0.3 is 0 Å². The first kappa shape index (κ1) is 24.2. The molecular formula is C29H30BrOP. The van der Waals surface area contributed by atoms with Crippen molar-refractivity contribution in [3.05, 3.63) is 121 Å². The van der Waals surface area contributed by atoms with Gasteiger partial charge in [0.15, 0.2) is 0 Å². The molecule has 0 radical (unpaired) electrons. The Bertz CT molecular complexity index is 927. The van der Waals surface area contributed by atoms with Crippen molar-refractivity contribution in [1.29, 1.82) is 0 Å². The molecule has 3 heteroatoms. The lowest BCUT2D eigenvalue weighted by molar-refractivity contribution is -0.00000654. The zero-order valence-electron chi connectivity index (χ0n) is 18.3. The largest absolute Gasteiger partial charge is 1.00 e. The molecule has 0 saturated heterocycles. The SMILES string of the molecule is [Br-].c1ccc(OCCCCC[P+](c2ccccc2)(c2ccccc2)c2ccccc2)cc1. The Hall–Kier alpha value is -2.41. The number of hydrogen-bond donors (Lipinski definition) is 0. The summed E-state index contributed by atoms with van der Waals surface area (Å²) in [6.07, 6.45) is 4.61. The fourth-order valence-corrected chi connectivity index (χ4v) is 8.63. The number of para-hydroxylation sites is 1. The van der Waals surface area contributed by atoms with Crippen LogP contribution >= 0.6 is 7.26 Å². The molecular weight excluding hydrogens is 475 g/mol. The van der Waals surface area contributed by atoms with E-state index in [4.69, 9.17) is 4.74 Å². The quantitative estimate of drug-likeness (QED) is 0.238. The predicted octanol–water partition coefficient (Wildman–Crippen LogP) is 3.23. The summed E-state index contributed by atoms with van der Waals surface area (Å²) in [6, 6.07) is 43.5. The second-order valence-electron chi connectivity index (χ2n) is 7.76. The molecule has 0 heterocycles. The van der Waals surface area contributed by atoms with Gasteiger partial charge in [-0.25, -0.2) is 0 Å². The van der Waals surface area contributed by atoms with Crippen LogP contribution in [0.3, 0.4) is 0 Å². The van der Waals surface area contributed by atoms with Gasteiger partial charge in [-0.3, -0.25) is 0 Å². The summed E-state index contributed by atoms with van der Waals surface area (Å²) in [5.41, 5.74) is 0. The smallest absolute Gasteiger partial charge is 0.119 e. The molecule has 0 N–H and O–H groups in total. The van der Waals surface area contributed by atoms with E-state index in [1.165, 1.54) is 34.9 Å². The molecule has 32 heavy (non-hydrogen) atoms. The maximum atomic E-state index is 5.90. The van der Waals surface area contributed by atoms with Crippen molar-refractivity contribution in [1.82, 2.24) is 0 Å². The Balaban J connectivity index is 0.00000289. The van der Waals surface area contributed by atoms with Gasteiger partial charge in [0, 0.05) is 0 Å². The van der Waals surface area contributed by atoms with Crippen molar-refractivity contribution in [3.63, 3.8) is 0 Å². The third-order valence-corrected chi connectivity index (χ3v) is 10.3. The number of hydrogen-bond acceptors (Lipinski definition) is 1. The third kappa shape index (κ3) is 5.88. The molecule has 0 amide bonds. The molecule has 0 fully saturated rings. The van der Waals surface area contributed by atoms with E-state index in [0.717, 1.165) is 18.8 Å². The summed E-state index contributed by atoms with van der Waals surface area (Å²) < 4.78 is 5.90. The van der Waals surface area contributed by atoms with Gasteiger partial charge in [0.25, 0.3) is 0 Å². The lowest BCUT2D eigenvalue weighted by Gasteiger charge is -2.27. The maximum Gasteiger partial charge on any atom is 0.119 e. The predicted molar refractivity (Wildman–Crippen MR) is 136 cm³/mol. The molecule has 164 valence electrons. The Morgan fingerprint density at radius 2 is 0.875 bits per heavy atom. The number of unbranched alkanes of at least 4 members (excludes halogenated alkanes) is 2. The minimum Gasteiger partial charge on any atom is -1.00 e. The van der Waals surface area contributed by atoms with E-state index in [2.05, 4.69) is 91.0 Å². The van der Waals surface area contributed by atoms with E-state index >= 15 is 0 Å². The molecule has 0 spiro atoms. The molecule has 4 aromatic carbocycles. The third-order valence-electron chi connectivity index (χ3n) is 5.74. The first-order valence-corrected chi connectivity index (χ1v) is 13.1. The first-order valence-electron chi connectivity index (χ1n) is 11.1. The topological polar surface area (TPSA) is 9.23 Å². The highest BCUT2D eigenvalue weighted by molar-refractivity contribution is 7.95. The van der Waals surface area contributed by atoms with E-state index in [0.29, 0.717) is 0 Å². The molecule has 0 aromatic heterocycles. The fraction of sp³-hybridized carbons (Fsp3) is 0.172. The van der Waals surface area contributed by atoms with Crippen LogP contribution in [-0.2, 0) is 0 Å². The van der Waals surface area contributed by atoms with Gasteiger partial charge in [-0.05, 0) is 67.8 Å². The van der Waals surface area contributed by atoms with Crippen LogP contribution in [0.25, 0.3) is 0 Å². The van der Waals surface area contributed by atoms with Crippen LogP contribution in [-0.4, -0.2) is 12.8 Å². The Kier molecular flexibility index (Phi) is 9.53. The van der Waals surface area contributed by atoms with E-state index in [9.17, 15) is 0 Å². The van der Waals surface area contributed by atoms with Crippen molar-refractivity contribution in [2.24, 2.45) is 0 Å². The number of ether oxygens (including phenoxy) is 1. The Morgan fingerprint density at radius 1 is 0.469 bits per heavy atom. The van der Waals surface area contributed by atoms with Gasteiger partial charge in [-0.2, -0.15) is 0 Å². The van der Waals surface area contributed by atoms with Crippen LogP contribution in [0.5, 0.6) is 5.75 Å². The maximum absolute atomic E-state index is 5.90. The van der Waals surface area contributed by atoms with Crippen LogP contribution in [0, 0.1) is 0 Å². The van der Waals surface area contributed by atoms with Crippen molar-refractivity contribution in [3.8, 4) is 5.75 Å². The lowest BCUT2D eigenvalue weighted by Crippen LogP contribution is -3.00. The standard InChI is InChI=1S/C29H30OP.BrH/c1-6-16-26(17-7-1)30-24-14-5-15-25-31(27-18-8-2-9-19-27,28-20-10-3-11-21-28)29-22-12-4-13-23-29;/h1-4,6-13,16-23H,5,14-15,24-25H2;1H/q+1;/p-1. The highest BCUT2D eigenvalue weighted by Crippen LogP contribution is 2.55. The Morgan fingerprint density at radius 3 is 1.31 bits per heavy atom. The van der Waals surface area contributed by atoms with Crippen LogP contribution in [0.2, 0.25) is 0 Å². The molecule has 0 unspecified atom stereocenters. The summed E-state index contributed by atoms with van der Waals surface area (Å²) in [4.78, 5) is 0. The number of halogens is 1. The average molecular weight is 505 g/mol. The normalized spacial score (nSPS) is 10.9. The van der Waals surface area contributed by atoms with E-state index in [-0.39, 0.29) is 17.0 Å². The van der Waals surface area contributed by atoms with Crippen LogP contribution in [0.4, 0.5) is 0 Å². The summed E-state index contributed by atoms with van der Waals surface area (Å²) in [6.45, 7) is 0.775. The van der Waals surface area contributed by atoms with Gasteiger partial charge < -0.3 is 21.7 Å². The van der Waals surface area contributed by atoms with E-state index in [1.54, 1.807) is 0 Å². The summed E-state index contributed by atoms with van der Waals surface area (Å²) in [5, 5.41) is 4.40. The van der Waals surface area contributed by atoms with Crippen molar-refractivity contribution in [2.75, 3.05) is 12.8 Å². The zero-order valence-corrected chi connectivity index (χ0v) is 20.8. The first-order chi connectivity index (χ1) is 15.4. The minimum absolute atomic E-state index is 0. The molecule has 0 atom stereocenters. The molecule has 0 aliphatic rings. The molecule has 0 bridgehead atoms. The summed E-state index contributed by atoms with van der Waals surface area (Å²) in [7, 11) is -1.70. The fourth-order valence-electron chi connectivity index (χ4n) is 4.22. The van der Waals surface area contributed by atoms with Crippen molar-refractivity contribution in [2.45, 2.75) is 19.3 Å². The second kappa shape index (κ2) is 12.6. The van der Waals surface area contributed by atoms with Crippen LogP contribution < -0.4 is 37.6 Å². The second-order valence-corrected chi connectivity index (χ2v) is 11.4. The van der Waals surface area contributed by atoms with Crippen molar-refractivity contribution < 1.29 is 21.7 Å². The van der Waals surface area contributed by atoms with Gasteiger partial charge in [-0.15, -0.1) is 0 Å². The molecule has 0 aliphatic heterocycles. The Labute approximate surface area is 203 Å². The van der Waals surface area contributed by atoms with Gasteiger partial charge in [0.1, 0.15) is 28.9 Å². The monoisotopic (exact) mass is 504 g/mol. The molecule has 0 aliphatic carbocycles. The summed E-state index contributed by atoms with van der Waals surface area (Å²) in [5.74, 6) is 0.960. The van der Waals surface area contributed by atoms with E-state index < -0.39 is 7.26 Å². The molecule has 4 rings (SSSR count). The molecule has 1 nitrogen and oxygen atoms in total. The highest BCUT2D eigenvalue weighted by Gasteiger charge is 2.44. The lowest BCUT2D eigenvalue weighted by atomic mass is 10.2. The van der Waals surface area contributed by atoms with Crippen molar-refractivity contribution >= 4 is 23.2 Å². The highest BCUT2D eigenvalue weighted by atomic mass is 79.9. The van der Waals surface area contributed by atoms with Gasteiger partial charge in [0.2, 0.25) is 0 Å². The zero-order chi connectivity index (χ0) is 21.2. The molecule has 0 saturated carbocycles. The summed E-state index contributed by atoms with van der Waals surface area (Å²) >= 11 is 0.